The zero-order valence-electron chi connectivity index (χ0n) is 8.61. The predicted octanol–water partition coefficient (Wildman–Crippen LogP) is 1.74. The van der Waals surface area contributed by atoms with Crippen molar-refractivity contribution in [2.75, 3.05) is 6.54 Å². The first kappa shape index (κ1) is 9.93. The van der Waals surface area contributed by atoms with Gasteiger partial charge in [0.05, 0.1) is 0 Å². The summed E-state index contributed by atoms with van der Waals surface area (Å²) in [7, 11) is 0. The Morgan fingerprint density at radius 1 is 1.27 bits per heavy atom. The fraction of sp³-hybridized carbons (Fsp3) is 0.250. The van der Waals surface area contributed by atoms with Gasteiger partial charge in [-0.2, -0.15) is 0 Å². The van der Waals surface area contributed by atoms with Gasteiger partial charge in [-0.3, -0.25) is 4.98 Å². The highest BCUT2D eigenvalue weighted by atomic mass is 14.9. The minimum atomic E-state index is 0.913. The first-order valence-electron chi connectivity index (χ1n) is 5.17. The molecule has 0 unspecified atom stereocenters. The number of hydrogen-bond donors (Lipinski definition) is 2. The van der Waals surface area contributed by atoms with Crippen LogP contribution in [-0.4, -0.2) is 16.5 Å². The molecule has 0 saturated heterocycles. The summed E-state index contributed by atoms with van der Waals surface area (Å²) in [6.07, 6.45) is 6.76. The lowest BCUT2D eigenvalue weighted by Gasteiger charge is -2.02. The van der Waals surface area contributed by atoms with Gasteiger partial charge in [-0.05, 0) is 23.8 Å². The second-order valence-electron chi connectivity index (χ2n) is 3.47. The predicted molar refractivity (Wildman–Crippen MR) is 60.4 cm³/mol. The van der Waals surface area contributed by atoms with Crippen molar-refractivity contribution >= 4 is 0 Å². The van der Waals surface area contributed by atoms with Gasteiger partial charge in [-0.1, -0.05) is 6.07 Å². The number of pyridine rings is 1. The third-order valence-corrected chi connectivity index (χ3v) is 2.28. The van der Waals surface area contributed by atoms with Crippen LogP contribution in [0.3, 0.4) is 0 Å². The maximum Gasteiger partial charge on any atom is 0.0416 e. The Kier molecular flexibility index (Phi) is 3.52. The van der Waals surface area contributed by atoms with E-state index in [1.807, 2.05) is 30.7 Å². The molecular weight excluding hydrogens is 186 g/mol. The monoisotopic (exact) mass is 201 g/mol. The number of hydrogen-bond acceptors (Lipinski definition) is 2. The average Bonchev–Trinajstić information content (AvgIpc) is 2.79. The van der Waals surface area contributed by atoms with E-state index in [1.54, 1.807) is 0 Å². The SMILES string of the molecule is c1ccc(CCNCc2cc[nH]c2)nc1. The van der Waals surface area contributed by atoms with E-state index in [2.05, 4.69) is 27.4 Å². The Hall–Kier alpha value is -1.61. The quantitative estimate of drug-likeness (QED) is 0.723. The Bertz CT molecular complexity index is 367. The van der Waals surface area contributed by atoms with Gasteiger partial charge in [-0.15, -0.1) is 0 Å². The van der Waals surface area contributed by atoms with Crippen LogP contribution in [0.4, 0.5) is 0 Å². The van der Waals surface area contributed by atoms with Crippen molar-refractivity contribution in [3.8, 4) is 0 Å². The van der Waals surface area contributed by atoms with Crippen molar-refractivity contribution in [2.45, 2.75) is 13.0 Å². The number of H-pyrrole nitrogens is 1. The van der Waals surface area contributed by atoms with Crippen molar-refractivity contribution in [3.63, 3.8) is 0 Å². The fourth-order valence-electron chi connectivity index (χ4n) is 1.46. The minimum Gasteiger partial charge on any atom is -0.367 e. The fourth-order valence-corrected chi connectivity index (χ4v) is 1.46. The lowest BCUT2D eigenvalue weighted by Crippen LogP contribution is -2.16. The van der Waals surface area contributed by atoms with Crippen LogP contribution in [0.15, 0.2) is 42.9 Å². The highest BCUT2D eigenvalue weighted by Crippen LogP contribution is 1.96. The molecule has 0 amide bonds. The van der Waals surface area contributed by atoms with E-state index >= 15 is 0 Å². The van der Waals surface area contributed by atoms with Gasteiger partial charge in [0.2, 0.25) is 0 Å². The van der Waals surface area contributed by atoms with Gasteiger partial charge in [0.15, 0.2) is 0 Å². The van der Waals surface area contributed by atoms with Crippen LogP contribution >= 0.6 is 0 Å². The molecule has 0 radical (unpaired) electrons. The highest BCUT2D eigenvalue weighted by molar-refractivity contribution is 5.08. The number of nitrogens with one attached hydrogen (secondary N) is 2. The molecule has 2 N–H and O–H groups in total. The van der Waals surface area contributed by atoms with Crippen molar-refractivity contribution in [1.29, 1.82) is 0 Å². The molecule has 0 aromatic carbocycles. The summed E-state index contributed by atoms with van der Waals surface area (Å²) in [6.45, 7) is 1.87. The van der Waals surface area contributed by atoms with Crippen LogP contribution in [-0.2, 0) is 13.0 Å². The maximum atomic E-state index is 4.27. The van der Waals surface area contributed by atoms with Crippen LogP contribution < -0.4 is 5.32 Å². The lowest BCUT2D eigenvalue weighted by molar-refractivity contribution is 0.680. The second kappa shape index (κ2) is 5.32. The van der Waals surface area contributed by atoms with Crippen LogP contribution in [0.2, 0.25) is 0 Å². The van der Waals surface area contributed by atoms with Crippen LogP contribution in [0.25, 0.3) is 0 Å². The molecule has 0 atom stereocenters. The number of nitrogens with zero attached hydrogens (tertiary/aromatic N) is 1. The third kappa shape index (κ3) is 3.22. The molecular formula is C12H15N3. The Morgan fingerprint density at radius 2 is 2.27 bits per heavy atom. The van der Waals surface area contributed by atoms with Crippen molar-refractivity contribution in [2.24, 2.45) is 0 Å². The van der Waals surface area contributed by atoms with E-state index in [4.69, 9.17) is 0 Å². The van der Waals surface area contributed by atoms with Gasteiger partial charge in [0, 0.05) is 43.8 Å². The Morgan fingerprint density at radius 3 is 3.00 bits per heavy atom. The molecule has 2 aromatic rings. The average molecular weight is 201 g/mol. The molecule has 0 saturated carbocycles. The van der Waals surface area contributed by atoms with Crippen LogP contribution in [0.5, 0.6) is 0 Å². The maximum absolute atomic E-state index is 4.27. The molecule has 78 valence electrons. The van der Waals surface area contributed by atoms with Crippen molar-refractivity contribution in [3.05, 3.63) is 54.1 Å². The molecule has 0 aliphatic rings. The normalized spacial score (nSPS) is 10.4. The van der Waals surface area contributed by atoms with E-state index in [0.717, 1.165) is 25.2 Å². The van der Waals surface area contributed by atoms with E-state index in [1.165, 1.54) is 5.56 Å². The van der Waals surface area contributed by atoms with E-state index in [-0.39, 0.29) is 0 Å². The lowest BCUT2D eigenvalue weighted by atomic mass is 10.2. The van der Waals surface area contributed by atoms with Gasteiger partial charge in [0.25, 0.3) is 0 Å². The summed E-state index contributed by atoms with van der Waals surface area (Å²) in [5, 5.41) is 3.38. The Labute approximate surface area is 89.6 Å². The molecule has 2 heterocycles. The van der Waals surface area contributed by atoms with Crippen molar-refractivity contribution in [1.82, 2.24) is 15.3 Å². The number of aromatic amines is 1. The third-order valence-electron chi connectivity index (χ3n) is 2.28. The number of rotatable bonds is 5. The molecule has 0 spiro atoms. The first-order chi connectivity index (χ1) is 7.45. The van der Waals surface area contributed by atoms with Crippen molar-refractivity contribution < 1.29 is 0 Å². The van der Waals surface area contributed by atoms with Gasteiger partial charge in [-0.25, -0.2) is 0 Å². The molecule has 3 nitrogen and oxygen atoms in total. The molecule has 3 heteroatoms. The molecule has 2 aromatic heterocycles. The smallest absolute Gasteiger partial charge is 0.0416 e. The molecule has 0 aliphatic heterocycles. The molecule has 0 aliphatic carbocycles. The summed E-state index contributed by atoms with van der Waals surface area (Å²) >= 11 is 0. The van der Waals surface area contributed by atoms with E-state index in [9.17, 15) is 0 Å². The van der Waals surface area contributed by atoms with Crippen LogP contribution in [0, 0.1) is 0 Å². The Balaban J connectivity index is 1.68. The van der Waals surface area contributed by atoms with Gasteiger partial charge in [0.1, 0.15) is 0 Å². The summed E-state index contributed by atoms with van der Waals surface area (Å²) in [5.74, 6) is 0. The summed E-state index contributed by atoms with van der Waals surface area (Å²) in [5.41, 5.74) is 2.43. The minimum absolute atomic E-state index is 0.913. The van der Waals surface area contributed by atoms with Gasteiger partial charge >= 0.3 is 0 Å². The zero-order chi connectivity index (χ0) is 10.3. The molecule has 0 fully saturated rings. The number of aromatic nitrogens is 2. The summed E-state index contributed by atoms with van der Waals surface area (Å²) < 4.78 is 0. The standard InChI is InChI=1S/C12H15N3/c1-2-6-15-12(3-1)5-8-14-10-11-4-7-13-9-11/h1-4,6-7,9,13-14H,5,8,10H2. The van der Waals surface area contributed by atoms with E-state index in [0.29, 0.717) is 0 Å². The summed E-state index contributed by atoms with van der Waals surface area (Å²) in [4.78, 5) is 7.30. The second-order valence-corrected chi connectivity index (χ2v) is 3.47. The topological polar surface area (TPSA) is 40.7 Å². The van der Waals surface area contributed by atoms with Crippen LogP contribution in [0.1, 0.15) is 11.3 Å². The van der Waals surface area contributed by atoms with E-state index < -0.39 is 0 Å². The highest BCUT2D eigenvalue weighted by Gasteiger charge is 1.94. The summed E-state index contributed by atoms with van der Waals surface area (Å²) in [6, 6.07) is 8.09. The zero-order valence-corrected chi connectivity index (χ0v) is 8.61. The molecule has 0 bridgehead atoms. The largest absolute Gasteiger partial charge is 0.367 e. The van der Waals surface area contributed by atoms with Gasteiger partial charge < -0.3 is 10.3 Å². The molecule has 2 rings (SSSR count). The molecule has 15 heavy (non-hydrogen) atoms. The first-order valence-corrected chi connectivity index (χ1v) is 5.17.